The molecule has 9 nitrogen and oxygen atoms in total. The van der Waals surface area contributed by atoms with Crippen molar-refractivity contribution in [2.75, 3.05) is 0 Å². The highest BCUT2D eigenvalue weighted by Crippen LogP contribution is 2.11. The van der Waals surface area contributed by atoms with Gasteiger partial charge in [-0.3, -0.25) is 4.79 Å². The fourth-order valence-corrected chi connectivity index (χ4v) is 1.86. The monoisotopic (exact) mass is 324 g/mol. The number of carboxylic acids is 1. The molecule has 1 rings (SSSR count). The van der Waals surface area contributed by atoms with E-state index in [9.17, 15) is 14.4 Å². The lowest BCUT2D eigenvalue weighted by atomic mass is 9.80. The third kappa shape index (κ3) is 5.30. The van der Waals surface area contributed by atoms with E-state index in [1.165, 1.54) is 16.7 Å². The van der Waals surface area contributed by atoms with Gasteiger partial charge in [0.05, 0.1) is 5.01 Å². The summed E-state index contributed by atoms with van der Waals surface area (Å²) in [5.74, 6) is -1.39. The molecule has 2 radical (unpaired) electrons. The van der Waals surface area contributed by atoms with E-state index in [2.05, 4.69) is 14.8 Å². The number of aromatic nitrogens is 1. The second-order valence-electron chi connectivity index (χ2n) is 3.76. The van der Waals surface area contributed by atoms with Crippen molar-refractivity contribution < 1.29 is 34.0 Å². The first kappa shape index (κ1) is 17.9. The second kappa shape index (κ2) is 8.95. The van der Waals surface area contributed by atoms with Crippen molar-refractivity contribution in [2.24, 2.45) is 5.16 Å². The SMILES string of the molecule is Cc1nc(/C(=N/O[C@@H](C[B]OC=O)C(=O)[B]O)C(=O)O)cs1. The van der Waals surface area contributed by atoms with Gasteiger partial charge >= 0.3 is 20.9 Å². The first-order valence-corrected chi connectivity index (χ1v) is 6.69. The third-order valence-electron chi connectivity index (χ3n) is 2.24. The molecule has 0 aliphatic rings. The molecule has 2 N–H and O–H groups in total. The summed E-state index contributed by atoms with van der Waals surface area (Å²) in [6, 6.07) is 0. The number of aryl methyl sites for hydroxylation is 1. The van der Waals surface area contributed by atoms with Gasteiger partial charge in [-0.25, -0.2) is 9.78 Å². The van der Waals surface area contributed by atoms with E-state index in [0.29, 0.717) is 5.01 Å². The molecule has 114 valence electrons. The fraction of sp³-hybridized carbons (Fsp3) is 0.300. The van der Waals surface area contributed by atoms with E-state index in [1.54, 1.807) is 6.92 Å². The quantitative estimate of drug-likeness (QED) is 0.183. The molecule has 0 saturated carbocycles. The molecular weight excluding hydrogens is 314 g/mol. The van der Waals surface area contributed by atoms with Crippen molar-refractivity contribution >= 4 is 50.1 Å². The van der Waals surface area contributed by atoms with Gasteiger partial charge < -0.3 is 24.4 Å². The number of carboxylic acid groups (broad SMARTS) is 1. The number of hydrogen-bond acceptors (Lipinski definition) is 9. The highest BCUT2D eigenvalue weighted by molar-refractivity contribution is 7.09. The van der Waals surface area contributed by atoms with Crippen LogP contribution in [-0.4, -0.2) is 60.0 Å². The molecule has 0 saturated heterocycles. The van der Waals surface area contributed by atoms with Gasteiger partial charge in [0.2, 0.25) is 5.71 Å². The molecule has 1 aromatic rings. The van der Waals surface area contributed by atoms with Gasteiger partial charge in [0, 0.05) is 11.7 Å². The molecule has 1 atom stereocenters. The molecule has 1 heterocycles. The van der Waals surface area contributed by atoms with Gasteiger partial charge in [-0.15, -0.1) is 11.3 Å². The Morgan fingerprint density at radius 3 is 2.82 bits per heavy atom. The van der Waals surface area contributed by atoms with Crippen LogP contribution < -0.4 is 0 Å². The summed E-state index contributed by atoms with van der Waals surface area (Å²) in [5, 5.41) is 23.3. The lowest BCUT2D eigenvalue weighted by molar-refractivity contribution is -0.130. The Labute approximate surface area is 130 Å². The second-order valence-corrected chi connectivity index (χ2v) is 4.82. The van der Waals surface area contributed by atoms with E-state index < -0.39 is 23.5 Å². The van der Waals surface area contributed by atoms with Crippen LogP contribution in [0.4, 0.5) is 0 Å². The summed E-state index contributed by atoms with van der Waals surface area (Å²) in [5.41, 5.74) is -1.27. The van der Waals surface area contributed by atoms with Crippen molar-refractivity contribution in [3.63, 3.8) is 0 Å². The number of thiazole rings is 1. The van der Waals surface area contributed by atoms with Crippen LogP contribution in [0.3, 0.4) is 0 Å². The van der Waals surface area contributed by atoms with Crippen molar-refractivity contribution in [3.05, 3.63) is 16.1 Å². The molecule has 0 bridgehead atoms. The van der Waals surface area contributed by atoms with Crippen LogP contribution in [-0.2, 0) is 23.9 Å². The highest BCUT2D eigenvalue weighted by Gasteiger charge is 2.24. The minimum Gasteiger partial charge on any atom is -0.541 e. The van der Waals surface area contributed by atoms with E-state index >= 15 is 0 Å². The maximum atomic E-state index is 11.4. The van der Waals surface area contributed by atoms with Crippen LogP contribution in [0.2, 0.25) is 6.32 Å². The fourth-order valence-electron chi connectivity index (χ4n) is 1.26. The first-order chi connectivity index (χ1) is 10.5. The molecule has 0 aliphatic carbocycles. The molecule has 0 aliphatic heterocycles. The van der Waals surface area contributed by atoms with Crippen LogP contribution in [0.1, 0.15) is 10.7 Å². The topological polar surface area (TPSA) is 135 Å². The zero-order valence-corrected chi connectivity index (χ0v) is 12.1. The van der Waals surface area contributed by atoms with E-state index in [-0.39, 0.29) is 26.0 Å². The normalized spacial score (nSPS) is 12.2. The average molecular weight is 324 g/mol. The summed E-state index contributed by atoms with van der Waals surface area (Å²) in [7, 11) is 1.21. The van der Waals surface area contributed by atoms with E-state index in [0.717, 1.165) is 7.48 Å². The Balaban J connectivity index is 2.86. The minimum absolute atomic E-state index is 0.0855. The molecule has 0 spiro atoms. The van der Waals surface area contributed by atoms with Gasteiger partial charge in [0.15, 0.2) is 11.8 Å². The molecular formula is C10H10B2N2O7S. The Hall–Kier alpha value is -2.20. The van der Waals surface area contributed by atoms with Gasteiger partial charge in [0.1, 0.15) is 5.69 Å². The number of nitrogens with zero attached hydrogens (tertiary/aromatic N) is 2. The molecule has 22 heavy (non-hydrogen) atoms. The summed E-state index contributed by atoms with van der Waals surface area (Å²) in [4.78, 5) is 41.4. The maximum Gasteiger partial charge on any atom is 0.378 e. The highest BCUT2D eigenvalue weighted by atomic mass is 32.1. The first-order valence-electron chi connectivity index (χ1n) is 5.81. The van der Waals surface area contributed by atoms with Crippen LogP contribution in [0.25, 0.3) is 0 Å². The Morgan fingerprint density at radius 2 is 2.32 bits per heavy atom. The number of carbonyl (C=O) groups is 3. The van der Waals surface area contributed by atoms with Crippen molar-refractivity contribution in [1.82, 2.24) is 4.98 Å². The van der Waals surface area contributed by atoms with Crippen LogP contribution in [0.5, 0.6) is 0 Å². The van der Waals surface area contributed by atoms with Crippen LogP contribution >= 0.6 is 11.3 Å². The number of aliphatic carboxylic acids is 1. The van der Waals surface area contributed by atoms with Crippen LogP contribution in [0.15, 0.2) is 10.5 Å². The van der Waals surface area contributed by atoms with Crippen LogP contribution in [0, 0.1) is 6.92 Å². The van der Waals surface area contributed by atoms with Crippen molar-refractivity contribution in [1.29, 1.82) is 0 Å². The van der Waals surface area contributed by atoms with Gasteiger partial charge in [-0.2, -0.15) is 0 Å². The average Bonchev–Trinajstić information content (AvgIpc) is 2.91. The molecule has 0 amide bonds. The summed E-state index contributed by atoms with van der Waals surface area (Å²) < 4.78 is 4.29. The Morgan fingerprint density at radius 1 is 1.59 bits per heavy atom. The standard InChI is InChI=1S/C10H10B2N2O7S/c1-5-13-6(3-22-5)8(10(17)18)14-21-7(9(16)12-19)2-11-20-4-15/h3-4,7,19H,2H2,1H3,(H,17,18)/b14-8-/t7-/m0/s1. The Kier molecular flexibility index (Phi) is 7.26. The van der Waals surface area contributed by atoms with Gasteiger partial charge in [0.25, 0.3) is 6.47 Å². The van der Waals surface area contributed by atoms with Crippen molar-refractivity contribution in [3.8, 4) is 0 Å². The largest absolute Gasteiger partial charge is 0.541 e. The van der Waals surface area contributed by atoms with Gasteiger partial charge in [-0.1, -0.05) is 5.16 Å². The predicted molar refractivity (Wildman–Crippen MR) is 76.6 cm³/mol. The molecule has 0 fully saturated rings. The molecule has 0 unspecified atom stereocenters. The number of carbonyl (C=O) groups excluding carboxylic acids is 2. The maximum absolute atomic E-state index is 11.4. The lowest BCUT2D eigenvalue weighted by Crippen LogP contribution is -2.30. The predicted octanol–water partition coefficient (Wildman–Crippen LogP) is -1.03. The van der Waals surface area contributed by atoms with Crippen molar-refractivity contribution in [2.45, 2.75) is 19.3 Å². The number of hydrogen-bond donors (Lipinski definition) is 2. The summed E-state index contributed by atoms with van der Waals surface area (Å²) in [6.45, 7) is 1.82. The molecule has 0 aromatic carbocycles. The number of rotatable bonds is 10. The Bertz CT molecular complexity index is 577. The summed E-state index contributed by atoms with van der Waals surface area (Å²) in [6.07, 6.45) is -1.56. The summed E-state index contributed by atoms with van der Waals surface area (Å²) >= 11 is 1.22. The lowest BCUT2D eigenvalue weighted by Gasteiger charge is -2.11. The number of oxime groups is 1. The molecule has 1 aromatic heterocycles. The zero-order valence-electron chi connectivity index (χ0n) is 11.3. The van der Waals surface area contributed by atoms with E-state index in [4.69, 9.17) is 15.0 Å². The third-order valence-corrected chi connectivity index (χ3v) is 3.02. The zero-order chi connectivity index (χ0) is 16.5. The minimum atomic E-state index is -1.39. The molecule has 12 heteroatoms. The van der Waals surface area contributed by atoms with E-state index in [1.807, 2.05) is 0 Å². The van der Waals surface area contributed by atoms with Gasteiger partial charge in [-0.05, 0) is 6.92 Å². The smallest absolute Gasteiger partial charge is 0.378 e.